The summed E-state index contributed by atoms with van der Waals surface area (Å²) in [6.45, 7) is 5.01. The summed E-state index contributed by atoms with van der Waals surface area (Å²) in [6, 6.07) is 19.2. The highest BCUT2D eigenvalue weighted by Gasteiger charge is 2.17. The van der Waals surface area contributed by atoms with Crippen molar-refractivity contribution >= 4 is 23.8 Å². The number of benzene rings is 1. The van der Waals surface area contributed by atoms with Gasteiger partial charge in [0, 0.05) is 49.1 Å². The van der Waals surface area contributed by atoms with Crippen LogP contribution in [0.25, 0.3) is 11.1 Å². The predicted octanol–water partition coefficient (Wildman–Crippen LogP) is 6.37. The number of pyridine rings is 2. The van der Waals surface area contributed by atoms with Crippen molar-refractivity contribution in [1.29, 1.82) is 5.26 Å². The van der Waals surface area contributed by atoms with Gasteiger partial charge < -0.3 is 5.32 Å². The number of nitrogens with zero attached hydrogens (tertiary/aromatic N) is 7. The molecule has 0 radical (unpaired) electrons. The van der Waals surface area contributed by atoms with Gasteiger partial charge in [0.05, 0.1) is 24.0 Å². The zero-order chi connectivity index (χ0) is 29.0. The molecule has 2 amide bonds. The lowest BCUT2D eigenvalue weighted by molar-refractivity contribution is 0.245. The molecule has 210 valence electrons. The van der Waals surface area contributed by atoms with Gasteiger partial charge in [-0.2, -0.15) is 10.4 Å². The minimum atomic E-state index is -0.162. The fourth-order valence-corrected chi connectivity index (χ4v) is 4.60. The number of urea groups is 1. The molecule has 0 bridgehead atoms. The molecule has 1 unspecified atom stereocenters. The Labute approximate surface area is 241 Å². The number of hydrogen-bond donors (Lipinski definition) is 1. The number of amides is 2. The van der Waals surface area contributed by atoms with Gasteiger partial charge >= 0.3 is 6.03 Å². The third kappa shape index (κ3) is 8.57. The van der Waals surface area contributed by atoms with E-state index in [4.69, 9.17) is 5.26 Å². The molecule has 0 saturated carbocycles. The summed E-state index contributed by atoms with van der Waals surface area (Å²) < 4.78 is 1.77. The van der Waals surface area contributed by atoms with Crippen LogP contribution in [-0.4, -0.2) is 38.5 Å². The minimum Gasteiger partial charge on any atom is -0.332 e. The van der Waals surface area contributed by atoms with E-state index in [1.54, 1.807) is 21.7 Å². The van der Waals surface area contributed by atoms with E-state index in [2.05, 4.69) is 38.4 Å². The van der Waals surface area contributed by atoms with Crippen LogP contribution >= 0.6 is 0 Å². The fraction of sp³-hybridized carbons (Fsp3) is 0.312. The molecular weight excluding hydrogens is 512 g/mol. The molecule has 0 saturated heterocycles. The summed E-state index contributed by atoms with van der Waals surface area (Å²) in [5.41, 5.74) is 5.15. The van der Waals surface area contributed by atoms with Crippen LogP contribution in [0, 0.1) is 24.2 Å². The van der Waals surface area contributed by atoms with E-state index >= 15 is 0 Å². The van der Waals surface area contributed by atoms with Crippen LogP contribution in [0.5, 0.6) is 0 Å². The zero-order valence-corrected chi connectivity index (χ0v) is 23.9. The van der Waals surface area contributed by atoms with Crippen molar-refractivity contribution in [3.63, 3.8) is 0 Å². The van der Waals surface area contributed by atoms with Gasteiger partial charge in [0.25, 0.3) is 0 Å². The molecule has 0 aliphatic rings. The van der Waals surface area contributed by atoms with Crippen molar-refractivity contribution in [2.45, 2.75) is 46.1 Å². The quantitative estimate of drug-likeness (QED) is 0.207. The first kappa shape index (κ1) is 29.2. The second-order valence-corrected chi connectivity index (χ2v) is 10.0. The van der Waals surface area contributed by atoms with Crippen LogP contribution < -0.4 is 10.2 Å². The highest BCUT2D eigenvalue weighted by atomic mass is 16.2. The standard InChI is InChI=1S/C32H36N8O/c1-4-7-25(19-34-31-16-11-26(18-33)20-35-31)9-6-17-40(32(41)36-22-29-10-5-8-24(2)38-29)30-14-12-27(13-15-30)28-21-37-39(3)23-28/h5,8,10-16,19-21,23,25H,4,6-7,9,17,22H2,1-3H3,(H,36,41). The maximum Gasteiger partial charge on any atom is 0.322 e. The second kappa shape index (κ2) is 14.5. The lowest BCUT2D eigenvalue weighted by atomic mass is 9.99. The number of nitriles is 1. The Morgan fingerprint density at radius 1 is 1.12 bits per heavy atom. The molecular formula is C32H36N8O. The topological polar surface area (TPSA) is 112 Å². The normalized spacial score (nSPS) is 11.8. The first-order valence-electron chi connectivity index (χ1n) is 13.9. The molecule has 4 aromatic rings. The Morgan fingerprint density at radius 2 is 1.95 bits per heavy atom. The molecule has 1 aromatic carbocycles. The molecule has 1 atom stereocenters. The largest absolute Gasteiger partial charge is 0.332 e. The number of hydrogen-bond acceptors (Lipinski definition) is 6. The summed E-state index contributed by atoms with van der Waals surface area (Å²) in [7, 11) is 1.89. The molecule has 3 heterocycles. The molecule has 0 spiro atoms. The van der Waals surface area contributed by atoms with Gasteiger partial charge in [0.1, 0.15) is 6.07 Å². The van der Waals surface area contributed by atoms with Gasteiger partial charge in [-0.05, 0) is 74.1 Å². The van der Waals surface area contributed by atoms with E-state index < -0.39 is 0 Å². The van der Waals surface area contributed by atoms with Crippen molar-refractivity contribution in [1.82, 2.24) is 25.1 Å². The molecule has 9 heteroatoms. The molecule has 0 fully saturated rings. The van der Waals surface area contributed by atoms with E-state index in [1.807, 2.05) is 75.0 Å². The van der Waals surface area contributed by atoms with Gasteiger partial charge in [0.2, 0.25) is 0 Å². The number of nitrogens with one attached hydrogen (secondary N) is 1. The van der Waals surface area contributed by atoms with Crippen LogP contribution in [0.15, 0.2) is 78.2 Å². The number of rotatable bonds is 12. The van der Waals surface area contributed by atoms with Crippen LogP contribution in [0.1, 0.15) is 49.6 Å². The van der Waals surface area contributed by atoms with E-state index in [1.165, 1.54) is 6.20 Å². The number of carbonyl (C=O) groups excluding carboxylic acids is 1. The highest BCUT2D eigenvalue weighted by Crippen LogP contribution is 2.24. The molecule has 41 heavy (non-hydrogen) atoms. The van der Waals surface area contributed by atoms with E-state index in [9.17, 15) is 4.79 Å². The number of aryl methyl sites for hydroxylation is 2. The summed E-state index contributed by atoms with van der Waals surface area (Å²) in [6.07, 6.45) is 11.0. The summed E-state index contributed by atoms with van der Waals surface area (Å²) in [4.78, 5) is 28.5. The summed E-state index contributed by atoms with van der Waals surface area (Å²) >= 11 is 0. The maximum atomic E-state index is 13.4. The van der Waals surface area contributed by atoms with Crippen molar-refractivity contribution in [3.8, 4) is 17.2 Å². The number of carbonyl (C=O) groups is 1. The highest BCUT2D eigenvalue weighted by molar-refractivity contribution is 5.92. The zero-order valence-electron chi connectivity index (χ0n) is 23.9. The lowest BCUT2D eigenvalue weighted by Crippen LogP contribution is -2.40. The Hall–Kier alpha value is -4.84. The van der Waals surface area contributed by atoms with Gasteiger partial charge in [-0.25, -0.2) is 14.8 Å². The molecule has 0 aliphatic carbocycles. The SMILES string of the molecule is CCCC(C=Nc1ccc(C#N)cn1)CCCN(C(=O)NCc1cccc(C)n1)c1ccc(-c2cnn(C)c2)cc1. The van der Waals surface area contributed by atoms with Crippen molar-refractivity contribution in [2.24, 2.45) is 18.0 Å². The molecule has 3 aromatic heterocycles. The summed E-state index contributed by atoms with van der Waals surface area (Å²) in [5, 5.41) is 16.3. The van der Waals surface area contributed by atoms with E-state index in [0.29, 0.717) is 24.5 Å². The maximum absolute atomic E-state index is 13.4. The van der Waals surface area contributed by atoms with Crippen LogP contribution in [0.3, 0.4) is 0 Å². The monoisotopic (exact) mass is 548 g/mol. The van der Waals surface area contributed by atoms with Crippen molar-refractivity contribution in [2.75, 3.05) is 11.4 Å². The van der Waals surface area contributed by atoms with Crippen molar-refractivity contribution < 1.29 is 4.79 Å². The van der Waals surface area contributed by atoms with Crippen LogP contribution in [0.2, 0.25) is 0 Å². The minimum absolute atomic E-state index is 0.162. The fourth-order valence-electron chi connectivity index (χ4n) is 4.60. The number of anilines is 1. The van der Waals surface area contributed by atoms with Crippen LogP contribution in [0.4, 0.5) is 16.3 Å². The van der Waals surface area contributed by atoms with Gasteiger partial charge in [-0.1, -0.05) is 31.5 Å². The van der Waals surface area contributed by atoms with E-state index in [-0.39, 0.29) is 11.9 Å². The smallest absolute Gasteiger partial charge is 0.322 e. The molecule has 0 aliphatic heterocycles. The van der Waals surface area contributed by atoms with Gasteiger partial charge in [-0.3, -0.25) is 14.6 Å². The number of aliphatic imine (C=N–C) groups is 1. The Morgan fingerprint density at radius 3 is 2.61 bits per heavy atom. The summed E-state index contributed by atoms with van der Waals surface area (Å²) in [5.74, 6) is 0.844. The molecule has 4 rings (SSSR count). The Balaban J connectivity index is 1.45. The first-order valence-corrected chi connectivity index (χ1v) is 13.9. The molecule has 1 N–H and O–H groups in total. The van der Waals surface area contributed by atoms with E-state index in [0.717, 1.165) is 53.9 Å². The Bertz CT molecular complexity index is 1490. The van der Waals surface area contributed by atoms with Gasteiger partial charge in [-0.15, -0.1) is 0 Å². The lowest BCUT2D eigenvalue weighted by Gasteiger charge is -2.24. The third-order valence-electron chi connectivity index (χ3n) is 6.74. The average molecular weight is 549 g/mol. The Kier molecular flexibility index (Phi) is 10.3. The third-order valence-corrected chi connectivity index (χ3v) is 6.74. The average Bonchev–Trinajstić information content (AvgIpc) is 3.43. The first-order chi connectivity index (χ1) is 19.9. The molecule has 9 nitrogen and oxygen atoms in total. The van der Waals surface area contributed by atoms with Crippen molar-refractivity contribution in [3.05, 3.63) is 90.1 Å². The van der Waals surface area contributed by atoms with Gasteiger partial charge in [0.15, 0.2) is 5.82 Å². The van der Waals surface area contributed by atoms with Crippen LogP contribution in [-0.2, 0) is 13.6 Å². The second-order valence-electron chi connectivity index (χ2n) is 10.0. The predicted molar refractivity (Wildman–Crippen MR) is 162 cm³/mol. The number of aromatic nitrogens is 4.